The van der Waals surface area contributed by atoms with Crippen molar-refractivity contribution in [2.45, 2.75) is 6.42 Å². The minimum Gasteiger partial charge on any atom is -0.497 e. The summed E-state index contributed by atoms with van der Waals surface area (Å²) in [6, 6.07) is 7.49. The molecule has 0 fully saturated rings. The second-order valence-electron chi connectivity index (χ2n) is 3.57. The number of carbonyl (C=O) groups is 1. The summed E-state index contributed by atoms with van der Waals surface area (Å²) in [5.41, 5.74) is 1.71. The summed E-state index contributed by atoms with van der Waals surface area (Å²) in [6.07, 6.45) is 0.383. The molecule has 0 bridgehead atoms. The molecule has 88 valence electrons. The number of ether oxygens (including phenoxy) is 1. The Morgan fingerprint density at radius 3 is 2.88 bits per heavy atom. The first-order chi connectivity index (χ1) is 8.20. The molecule has 2 nitrogen and oxygen atoms in total. The van der Waals surface area contributed by atoms with Crippen LogP contribution in [0.4, 0.5) is 0 Å². The van der Waals surface area contributed by atoms with Crippen LogP contribution in [0, 0.1) is 0 Å². The first-order valence-electron chi connectivity index (χ1n) is 5.08. The Kier molecular flexibility index (Phi) is 3.97. The Morgan fingerprint density at radius 2 is 2.24 bits per heavy atom. The molecule has 0 atom stereocenters. The standard InChI is InChI=1S/C13H11BrO2S/c1-16-11-2-3-12(14)10(6-11)7-13(15)9-4-5-17-8-9/h2-6,8H,7H2,1H3. The minimum atomic E-state index is 0.125. The summed E-state index contributed by atoms with van der Waals surface area (Å²) in [7, 11) is 1.62. The molecule has 2 rings (SSSR count). The van der Waals surface area contributed by atoms with Gasteiger partial charge in [-0.15, -0.1) is 0 Å². The molecule has 2 aromatic rings. The van der Waals surface area contributed by atoms with E-state index in [9.17, 15) is 4.79 Å². The van der Waals surface area contributed by atoms with Gasteiger partial charge in [-0.1, -0.05) is 15.9 Å². The zero-order chi connectivity index (χ0) is 12.3. The van der Waals surface area contributed by atoms with Crippen molar-refractivity contribution in [1.29, 1.82) is 0 Å². The van der Waals surface area contributed by atoms with E-state index in [-0.39, 0.29) is 5.78 Å². The molecule has 0 aliphatic rings. The van der Waals surface area contributed by atoms with Gasteiger partial charge in [-0.3, -0.25) is 4.79 Å². The Hall–Kier alpha value is -1.13. The fraction of sp³-hybridized carbons (Fsp3) is 0.154. The SMILES string of the molecule is COc1ccc(Br)c(CC(=O)c2ccsc2)c1. The van der Waals surface area contributed by atoms with E-state index < -0.39 is 0 Å². The van der Waals surface area contributed by atoms with Gasteiger partial charge in [0.05, 0.1) is 7.11 Å². The third-order valence-electron chi connectivity index (χ3n) is 2.45. The lowest BCUT2D eigenvalue weighted by molar-refractivity contribution is 0.0993. The first-order valence-corrected chi connectivity index (χ1v) is 6.82. The molecule has 0 aliphatic heterocycles. The second kappa shape index (κ2) is 5.47. The maximum atomic E-state index is 12.0. The van der Waals surface area contributed by atoms with Crippen molar-refractivity contribution in [3.8, 4) is 5.75 Å². The predicted octanol–water partition coefficient (Wildman–Crippen LogP) is 3.94. The number of hydrogen-bond acceptors (Lipinski definition) is 3. The number of carbonyl (C=O) groups excluding carboxylic acids is 1. The molecule has 1 aromatic heterocycles. The van der Waals surface area contributed by atoms with Gasteiger partial charge in [0.25, 0.3) is 0 Å². The van der Waals surface area contributed by atoms with E-state index in [0.717, 1.165) is 21.3 Å². The van der Waals surface area contributed by atoms with Crippen molar-refractivity contribution >= 4 is 33.0 Å². The molecule has 0 aliphatic carbocycles. The van der Waals surface area contributed by atoms with Gasteiger partial charge in [-0.05, 0) is 35.2 Å². The Labute approximate surface area is 112 Å². The fourth-order valence-electron chi connectivity index (χ4n) is 1.51. The van der Waals surface area contributed by atoms with Gasteiger partial charge < -0.3 is 4.74 Å². The van der Waals surface area contributed by atoms with Crippen LogP contribution in [0.3, 0.4) is 0 Å². The van der Waals surface area contributed by atoms with Crippen molar-refractivity contribution in [2.24, 2.45) is 0 Å². The molecule has 0 saturated heterocycles. The maximum absolute atomic E-state index is 12.0. The molecular weight excluding hydrogens is 300 g/mol. The third kappa shape index (κ3) is 2.96. The van der Waals surface area contributed by atoms with E-state index in [1.165, 1.54) is 11.3 Å². The lowest BCUT2D eigenvalue weighted by Crippen LogP contribution is -2.03. The second-order valence-corrected chi connectivity index (χ2v) is 5.20. The highest BCUT2D eigenvalue weighted by Gasteiger charge is 2.10. The van der Waals surface area contributed by atoms with Gasteiger partial charge in [0.15, 0.2) is 5.78 Å². The summed E-state index contributed by atoms with van der Waals surface area (Å²) in [4.78, 5) is 12.0. The fourth-order valence-corrected chi connectivity index (χ4v) is 2.56. The topological polar surface area (TPSA) is 26.3 Å². The summed E-state index contributed by atoms with van der Waals surface area (Å²) >= 11 is 4.98. The van der Waals surface area contributed by atoms with Crippen LogP contribution in [0.1, 0.15) is 15.9 Å². The molecule has 1 heterocycles. The van der Waals surface area contributed by atoms with Gasteiger partial charge in [-0.2, -0.15) is 11.3 Å². The van der Waals surface area contributed by atoms with Crippen molar-refractivity contribution in [3.63, 3.8) is 0 Å². The Balaban J connectivity index is 2.21. The van der Waals surface area contributed by atoms with Gasteiger partial charge >= 0.3 is 0 Å². The minimum absolute atomic E-state index is 0.125. The zero-order valence-electron chi connectivity index (χ0n) is 9.27. The van der Waals surface area contributed by atoms with Crippen LogP contribution >= 0.6 is 27.3 Å². The number of methoxy groups -OCH3 is 1. The van der Waals surface area contributed by atoms with E-state index in [2.05, 4.69) is 15.9 Å². The largest absolute Gasteiger partial charge is 0.497 e. The van der Waals surface area contributed by atoms with Crippen molar-refractivity contribution in [2.75, 3.05) is 7.11 Å². The van der Waals surface area contributed by atoms with Crippen LogP contribution in [-0.4, -0.2) is 12.9 Å². The molecule has 0 saturated carbocycles. The van der Waals surface area contributed by atoms with Gasteiger partial charge in [0, 0.05) is 21.8 Å². The molecule has 17 heavy (non-hydrogen) atoms. The van der Waals surface area contributed by atoms with Crippen LogP contribution in [-0.2, 0) is 6.42 Å². The highest BCUT2D eigenvalue weighted by Crippen LogP contribution is 2.24. The number of benzene rings is 1. The number of Topliss-reactive ketones (excluding diaryl/α,β-unsaturated/α-hetero) is 1. The number of ketones is 1. The molecule has 0 N–H and O–H groups in total. The maximum Gasteiger partial charge on any atom is 0.168 e. The molecule has 0 radical (unpaired) electrons. The van der Waals surface area contributed by atoms with E-state index in [1.54, 1.807) is 7.11 Å². The molecule has 1 aromatic carbocycles. The summed E-state index contributed by atoms with van der Waals surface area (Å²) in [5.74, 6) is 0.890. The summed E-state index contributed by atoms with van der Waals surface area (Å²) < 4.78 is 6.08. The highest BCUT2D eigenvalue weighted by molar-refractivity contribution is 9.10. The predicted molar refractivity (Wildman–Crippen MR) is 73.0 cm³/mol. The highest BCUT2D eigenvalue weighted by atomic mass is 79.9. The summed E-state index contributed by atoms with van der Waals surface area (Å²) in [6.45, 7) is 0. The quantitative estimate of drug-likeness (QED) is 0.799. The lowest BCUT2D eigenvalue weighted by Gasteiger charge is -2.06. The van der Waals surface area contributed by atoms with E-state index in [4.69, 9.17) is 4.74 Å². The Bertz CT molecular complexity index is 520. The van der Waals surface area contributed by atoms with Gasteiger partial charge in [0.1, 0.15) is 5.75 Å². The van der Waals surface area contributed by atoms with Crippen molar-refractivity contribution < 1.29 is 9.53 Å². The molecule has 0 spiro atoms. The smallest absolute Gasteiger partial charge is 0.168 e. The third-order valence-corrected chi connectivity index (χ3v) is 3.90. The van der Waals surface area contributed by atoms with E-state index >= 15 is 0 Å². The number of thiophene rings is 1. The lowest BCUT2D eigenvalue weighted by atomic mass is 10.1. The molecular formula is C13H11BrO2S. The van der Waals surface area contributed by atoms with E-state index in [0.29, 0.717) is 6.42 Å². The van der Waals surface area contributed by atoms with Crippen molar-refractivity contribution in [3.05, 3.63) is 50.6 Å². The first kappa shape index (κ1) is 12.3. The number of hydrogen-bond donors (Lipinski definition) is 0. The normalized spacial score (nSPS) is 10.2. The van der Waals surface area contributed by atoms with Crippen molar-refractivity contribution in [1.82, 2.24) is 0 Å². The van der Waals surface area contributed by atoms with Crippen LogP contribution in [0.2, 0.25) is 0 Å². The monoisotopic (exact) mass is 310 g/mol. The van der Waals surface area contributed by atoms with E-state index in [1.807, 2.05) is 35.0 Å². The van der Waals surface area contributed by atoms with Crippen LogP contribution in [0.15, 0.2) is 39.5 Å². The zero-order valence-corrected chi connectivity index (χ0v) is 11.7. The van der Waals surface area contributed by atoms with Crippen LogP contribution in [0.5, 0.6) is 5.75 Å². The molecule has 4 heteroatoms. The molecule has 0 unspecified atom stereocenters. The number of halogens is 1. The van der Waals surface area contributed by atoms with Gasteiger partial charge in [-0.25, -0.2) is 0 Å². The van der Waals surface area contributed by atoms with Crippen LogP contribution in [0.25, 0.3) is 0 Å². The Morgan fingerprint density at radius 1 is 1.41 bits per heavy atom. The van der Waals surface area contributed by atoms with Crippen LogP contribution < -0.4 is 4.74 Å². The molecule has 0 amide bonds. The average molecular weight is 311 g/mol. The summed E-state index contributed by atoms with van der Waals surface area (Å²) in [5, 5.41) is 3.78. The average Bonchev–Trinajstić information content (AvgIpc) is 2.85. The van der Waals surface area contributed by atoms with Gasteiger partial charge in [0.2, 0.25) is 0 Å². The number of rotatable bonds is 4.